The van der Waals surface area contributed by atoms with Crippen molar-refractivity contribution in [3.8, 4) is 0 Å². The zero-order valence-electron chi connectivity index (χ0n) is 8.77. The van der Waals surface area contributed by atoms with Crippen molar-refractivity contribution in [1.82, 2.24) is 0 Å². The fraction of sp³-hybridized carbons (Fsp3) is 0.250. The monoisotopic (exact) mass is 330 g/mol. The Morgan fingerprint density at radius 2 is 2.06 bits per heavy atom. The van der Waals surface area contributed by atoms with Crippen LogP contribution in [0.4, 0.5) is 0 Å². The van der Waals surface area contributed by atoms with Crippen LogP contribution in [-0.4, -0.2) is 13.1 Å². The van der Waals surface area contributed by atoms with Crippen molar-refractivity contribution < 1.29 is 14.3 Å². The van der Waals surface area contributed by atoms with Gasteiger partial charge in [-0.25, -0.2) is 4.79 Å². The summed E-state index contributed by atoms with van der Waals surface area (Å²) in [5.74, 6) is 0.325. The van der Waals surface area contributed by atoms with Crippen molar-refractivity contribution in [2.45, 2.75) is 12.5 Å². The van der Waals surface area contributed by atoms with Crippen LogP contribution in [-0.2, 0) is 14.3 Å². The summed E-state index contributed by atoms with van der Waals surface area (Å²) in [7, 11) is 1.56. The molecule has 0 radical (unpaired) electrons. The van der Waals surface area contributed by atoms with Gasteiger partial charge in [-0.3, -0.25) is 0 Å². The van der Waals surface area contributed by atoms with E-state index in [1.807, 2.05) is 24.3 Å². The molecule has 0 aromatic heterocycles. The van der Waals surface area contributed by atoms with Crippen LogP contribution in [0.25, 0.3) is 0 Å². The lowest BCUT2D eigenvalue weighted by Crippen LogP contribution is -2.16. The third kappa shape index (κ3) is 2.55. The van der Waals surface area contributed by atoms with E-state index in [1.165, 1.54) is 6.08 Å². The highest BCUT2D eigenvalue weighted by Crippen LogP contribution is 2.29. The maximum absolute atomic E-state index is 11.3. The first kappa shape index (κ1) is 11.4. The molecule has 84 valence electrons. The second kappa shape index (κ2) is 4.86. The van der Waals surface area contributed by atoms with Crippen LogP contribution < -0.4 is 0 Å². The van der Waals surface area contributed by atoms with E-state index < -0.39 is 0 Å². The number of carbonyl (C=O) groups is 1. The Morgan fingerprint density at radius 1 is 1.38 bits per heavy atom. The quantitative estimate of drug-likeness (QED) is 0.618. The van der Waals surface area contributed by atoms with Crippen molar-refractivity contribution in [2.75, 3.05) is 7.11 Å². The molecule has 0 bridgehead atoms. The normalized spacial score (nSPS) is 20.0. The number of cyclic esters (lactones) is 1. The average molecular weight is 330 g/mol. The number of methoxy groups -OCH3 is 1. The first-order valence-electron chi connectivity index (χ1n) is 4.89. The summed E-state index contributed by atoms with van der Waals surface area (Å²) < 4.78 is 11.5. The maximum atomic E-state index is 11.3. The lowest BCUT2D eigenvalue weighted by molar-refractivity contribution is -0.145. The number of esters is 1. The number of rotatable bonds is 2. The lowest BCUT2D eigenvalue weighted by atomic mass is 10.0. The van der Waals surface area contributed by atoms with E-state index in [-0.39, 0.29) is 12.1 Å². The zero-order chi connectivity index (χ0) is 11.5. The van der Waals surface area contributed by atoms with Crippen LogP contribution in [0.2, 0.25) is 0 Å². The van der Waals surface area contributed by atoms with Crippen LogP contribution >= 0.6 is 22.6 Å². The Balaban J connectivity index is 2.20. The summed E-state index contributed by atoms with van der Waals surface area (Å²) in [6.07, 6.45) is 1.76. The summed E-state index contributed by atoms with van der Waals surface area (Å²) in [4.78, 5) is 11.3. The number of carbonyl (C=O) groups excluding carboxylic acids is 1. The van der Waals surface area contributed by atoms with Crippen molar-refractivity contribution in [2.24, 2.45) is 0 Å². The van der Waals surface area contributed by atoms with Crippen LogP contribution in [0, 0.1) is 3.57 Å². The SMILES string of the molecule is COC1=CC(=O)OC(c2ccc(I)cc2)C1. The molecule has 1 unspecified atom stereocenters. The molecule has 0 amide bonds. The number of benzene rings is 1. The molecule has 0 aliphatic carbocycles. The molecule has 2 rings (SSSR count). The minimum absolute atomic E-state index is 0.232. The highest BCUT2D eigenvalue weighted by Gasteiger charge is 2.23. The lowest BCUT2D eigenvalue weighted by Gasteiger charge is -2.22. The van der Waals surface area contributed by atoms with Crippen LogP contribution in [0.15, 0.2) is 36.1 Å². The molecule has 0 N–H and O–H groups in total. The molecule has 0 saturated heterocycles. The summed E-state index contributed by atoms with van der Waals surface area (Å²) in [6, 6.07) is 7.93. The van der Waals surface area contributed by atoms with E-state index in [0.29, 0.717) is 12.2 Å². The molecule has 1 atom stereocenters. The van der Waals surface area contributed by atoms with E-state index in [1.54, 1.807) is 7.11 Å². The summed E-state index contributed by atoms with van der Waals surface area (Å²) in [6.45, 7) is 0. The largest absolute Gasteiger partial charge is 0.501 e. The molecular formula is C12H11IO3. The molecule has 0 saturated carbocycles. The number of halogens is 1. The minimum Gasteiger partial charge on any atom is -0.501 e. The van der Waals surface area contributed by atoms with Crippen LogP contribution in [0.5, 0.6) is 0 Å². The Labute approximate surface area is 108 Å². The minimum atomic E-state index is -0.341. The molecule has 1 aromatic rings. The average Bonchev–Trinajstić information content (AvgIpc) is 2.29. The predicted octanol–water partition coefficient (Wildman–Crippen LogP) is 2.81. The molecule has 1 heterocycles. The molecule has 0 spiro atoms. The molecule has 16 heavy (non-hydrogen) atoms. The zero-order valence-corrected chi connectivity index (χ0v) is 10.9. The van der Waals surface area contributed by atoms with E-state index in [2.05, 4.69) is 22.6 Å². The summed E-state index contributed by atoms with van der Waals surface area (Å²) in [5.41, 5.74) is 0.997. The van der Waals surface area contributed by atoms with Gasteiger partial charge in [-0.1, -0.05) is 12.1 Å². The van der Waals surface area contributed by atoms with Gasteiger partial charge in [0.2, 0.25) is 0 Å². The highest BCUT2D eigenvalue weighted by atomic mass is 127. The molecule has 1 aliphatic heterocycles. The van der Waals surface area contributed by atoms with Gasteiger partial charge in [-0.05, 0) is 40.3 Å². The smallest absolute Gasteiger partial charge is 0.334 e. The van der Waals surface area contributed by atoms with Gasteiger partial charge in [-0.2, -0.15) is 0 Å². The molecule has 3 nitrogen and oxygen atoms in total. The Kier molecular flexibility index (Phi) is 3.48. The standard InChI is InChI=1S/C12H11IO3/c1-15-10-6-11(16-12(14)7-10)8-2-4-9(13)5-3-8/h2-5,7,11H,6H2,1H3. The van der Waals surface area contributed by atoms with E-state index in [9.17, 15) is 4.79 Å². The Hall–Kier alpha value is -1.04. The molecule has 4 heteroatoms. The highest BCUT2D eigenvalue weighted by molar-refractivity contribution is 14.1. The molecule has 1 aliphatic rings. The first-order valence-corrected chi connectivity index (χ1v) is 5.97. The van der Waals surface area contributed by atoms with E-state index >= 15 is 0 Å². The number of hydrogen-bond donors (Lipinski definition) is 0. The second-order valence-corrected chi connectivity index (χ2v) is 4.74. The van der Waals surface area contributed by atoms with Gasteiger partial charge in [0, 0.05) is 9.99 Å². The molecule has 0 fully saturated rings. The third-order valence-corrected chi connectivity index (χ3v) is 3.15. The van der Waals surface area contributed by atoms with E-state index in [0.717, 1.165) is 9.13 Å². The number of hydrogen-bond acceptors (Lipinski definition) is 3. The Bertz CT molecular complexity index is 422. The van der Waals surface area contributed by atoms with Crippen molar-refractivity contribution in [1.29, 1.82) is 0 Å². The fourth-order valence-electron chi connectivity index (χ4n) is 1.59. The third-order valence-electron chi connectivity index (χ3n) is 2.43. The van der Waals surface area contributed by atoms with E-state index in [4.69, 9.17) is 9.47 Å². The fourth-order valence-corrected chi connectivity index (χ4v) is 1.95. The van der Waals surface area contributed by atoms with Gasteiger partial charge < -0.3 is 9.47 Å². The predicted molar refractivity (Wildman–Crippen MR) is 67.7 cm³/mol. The van der Waals surface area contributed by atoms with Gasteiger partial charge >= 0.3 is 5.97 Å². The second-order valence-electron chi connectivity index (χ2n) is 3.50. The van der Waals surface area contributed by atoms with Crippen molar-refractivity contribution >= 4 is 28.6 Å². The molecule has 1 aromatic carbocycles. The van der Waals surface area contributed by atoms with Crippen molar-refractivity contribution in [3.63, 3.8) is 0 Å². The van der Waals surface area contributed by atoms with Gasteiger partial charge in [0.15, 0.2) is 0 Å². The molecular weight excluding hydrogens is 319 g/mol. The van der Waals surface area contributed by atoms with Gasteiger partial charge in [0.05, 0.1) is 13.2 Å². The van der Waals surface area contributed by atoms with Crippen LogP contribution in [0.3, 0.4) is 0 Å². The maximum Gasteiger partial charge on any atom is 0.334 e. The van der Waals surface area contributed by atoms with Crippen molar-refractivity contribution in [3.05, 3.63) is 45.2 Å². The Morgan fingerprint density at radius 3 is 2.69 bits per heavy atom. The van der Waals surface area contributed by atoms with Gasteiger partial charge in [0.25, 0.3) is 0 Å². The first-order chi connectivity index (χ1) is 7.69. The number of ether oxygens (including phenoxy) is 2. The summed E-state index contributed by atoms with van der Waals surface area (Å²) in [5, 5.41) is 0. The topological polar surface area (TPSA) is 35.5 Å². The summed E-state index contributed by atoms with van der Waals surface area (Å²) >= 11 is 2.24. The van der Waals surface area contributed by atoms with Crippen LogP contribution in [0.1, 0.15) is 18.1 Å². The van der Waals surface area contributed by atoms with Gasteiger partial charge in [-0.15, -0.1) is 0 Å². The van der Waals surface area contributed by atoms with Gasteiger partial charge in [0.1, 0.15) is 11.9 Å².